The molecule has 0 radical (unpaired) electrons. The first-order chi connectivity index (χ1) is 16.4. The molecule has 0 heteroatoms. The van der Waals surface area contributed by atoms with Gasteiger partial charge in [0.1, 0.15) is 0 Å². The van der Waals surface area contributed by atoms with Crippen LogP contribution in [0.15, 0.2) is 84.9 Å². The van der Waals surface area contributed by atoms with Gasteiger partial charge >= 0.3 is 0 Å². The lowest BCUT2D eigenvalue weighted by Crippen LogP contribution is -1.74. The molecular weight excluding hydrogens is 408 g/mol. The summed E-state index contributed by atoms with van der Waals surface area (Å²) < 4.78 is 0. The summed E-state index contributed by atoms with van der Waals surface area (Å²) in [5.74, 6) is 0. The summed E-state index contributed by atoms with van der Waals surface area (Å²) in [5.41, 5.74) is 5.47. The highest BCUT2D eigenvalue weighted by molar-refractivity contribution is 5.24. The highest BCUT2D eigenvalue weighted by Crippen LogP contribution is 2.03. The number of benzene rings is 3. The van der Waals surface area contributed by atoms with E-state index in [0.717, 1.165) is 0 Å². The molecule has 0 saturated heterocycles. The van der Waals surface area contributed by atoms with Crippen LogP contribution in [0.2, 0.25) is 0 Å². The van der Waals surface area contributed by atoms with Gasteiger partial charge in [-0.1, -0.05) is 167 Å². The highest BCUT2D eigenvalue weighted by Gasteiger charge is 1.84. The van der Waals surface area contributed by atoms with Crippen molar-refractivity contribution in [1.29, 1.82) is 0 Å². The van der Waals surface area contributed by atoms with Crippen molar-refractivity contribution in [3.8, 4) is 0 Å². The summed E-state index contributed by atoms with van der Waals surface area (Å²) in [5, 5.41) is 0. The molecule has 0 aliphatic carbocycles. The summed E-state index contributed by atoms with van der Waals surface area (Å²) in [6.07, 6.45) is 2.50. The number of aryl methyl sites for hydroxylation is 4. The molecule has 0 fully saturated rings. The molecular formula is C34H60. The lowest BCUT2D eigenvalue weighted by atomic mass is 10.1. The van der Waals surface area contributed by atoms with Crippen molar-refractivity contribution in [3.63, 3.8) is 0 Å². The van der Waals surface area contributed by atoms with Gasteiger partial charge in [-0.15, -0.1) is 0 Å². The van der Waals surface area contributed by atoms with Crippen LogP contribution in [-0.4, -0.2) is 0 Å². The Morgan fingerprint density at radius 3 is 0.529 bits per heavy atom. The first-order valence-electron chi connectivity index (χ1n) is 13.5. The van der Waals surface area contributed by atoms with Gasteiger partial charge in [-0.3, -0.25) is 0 Å². The van der Waals surface area contributed by atoms with E-state index in [2.05, 4.69) is 104 Å². The summed E-state index contributed by atoms with van der Waals surface area (Å²) in [6.45, 7) is 29.0. The molecule has 0 aromatic heterocycles. The SMILES string of the molecule is CC.CC.CC.CCC.CCC.Cc1ccccc1C.Cc1ccccc1C.c1ccccc1. The van der Waals surface area contributed by atoms with Crippen LogP contribution in [0.4, 0.5) is 0 Å². The largest absolute Gasteiger partial charge is 0.0683 e. The Bertz CT molecular complexity index is 554. The van der Waals surface area contributed by atoms with Gasteiger partial charge in [0.15, 0.2) is 0 Å². The van der Waals surface area contributed by atoms with E-state index < -0.39 is 0 Å². The Labute approximate surface area is 216 Å². The molecule has 0 heterocycles. The fourth-order valence-electron chi connectivity index (χ4n) is 1.71. The first-order valence-corrected chi connectivity index (χ1v) is 13.5. The van der Waals surface area contributed by atoms with Gasteiger partial charge in [-0.2, -0.15) is 0 Å². The monoisotopic (exact) mass is 468 g/mol. The maximum absolute atomic E-state index is 2.12. The molecule has 0 amide bonds. The Kier molecular flexibility index (Phi) is 50.4. The average Bonchev–Trinajstić information content (AvgIpc) is 2.89. The van der Waals surface area contributed by atoms with Crippen LogP contribution in [0.5, 0.6) is 0 Å². The molecule has 3 rings (SSSR count). The number of hydrogen-bond acceptors (Lipinski definition) is 0. The van der Waals surface area contributed by atoms with Crippen molar-refractivity contribution >= 4 is 0 Å². The molecule has 3 aromatic carbocycles. The fourth-order valence-corrected chi connectivity index (χ4v) is 1.71. The Morgan fingerprint density at radius 2 is 0.441 bits per heavy atom. The summed E-state index contributed by atoms with van der Waals surface area (Å²) in [7, 11) is 0. The molecule has 0 unspecified atom stereocenters. The average molecular weight is 469 g/mol. The van der Waals surface area contributed by atoms with Gasteiger partial charge in [0.05, 0.1) is 0 Å². The second-order valence-corrected chi connectivity index (χ2v) is 6.74. The van der Waals surface area contributed by atoms with E-state index in [-0.39, 0.29) is 0 Å². The molecule has 0 spiro atoms. The van der Waals surface area contributed by atoms with Gasteiger partial charge in [-0.05, 0) is 49.9 Å². The predicted molar refractivity (Wildman–Crippen MR) is 164 cm³/mol. The van der Waals surface area contributed by atoms with Crippen LogP contribution >= 0.6 is 0 Å². The lowest BCUT2D eigenvalue weighted by Gasteiger charge is -1.93. The maximum atomic E-state index is 2.12. The van der Waals surface area contributed by atoms with Crippen molar-refractivity contribution in [2.45, 2.75) is 110 Å². The van der Waals surface area contributed by atoms with Crippen molar-refractivity contribution in [2.75, 3.05) is 0 Å². The van der Waals surface area contributed by atoms with Crippen molar-refractivity contribution in [3.05, 3.63) is 107 Å². The molecule has 0 nitrogen and oxygen atoms in total. The van der Waals surface area contributed by atoms with E-state index in [0.29, 0.717) is 0 Å². The molecule has 0 atom stereocenters. The topological polar surface area (TPSA) is 0 Å². The fraction of sp³-hybridized carbons (Fsp3) is 0.471. The minimum atomic E-state index is 1.25. The van der Waals surface area contributed by atoms with Crippen molar-refractivity contribution in [1.82, 2.24) is 0 Å². The van der Waals surface area contributed by atoms with E-state index in [9.17, 15) is 0 Å². The maximum Gasteiger partial charge on any atom is -0.0395 e. The van der Waals surface area contributed by atoms with Gasteiger partial charge < -0.3 is 0 Å². The minimum Gasteiger partial charge on any atom is -0.0683 e. The molecule has 34 heavy (non-hydrogen) atoms. The molecule has 0 aliphatic rings. The normalized spacial score (nSPS) is 7.35. The third-order valence-electron chi connectivity index (χ3n) is 3.52. The third-order valence-corrected chi connectivity index (χ3v) is 3.52. The highest BCUT2D eigenvalue weighted by atomic mass is 13.9. The van der Waals surface area contributed by atoms with E-state index in [4.69, 9.17) is 0 Å². The van der Waals surface area contributed by atoms with Crippen LogP contribution in [0, 0.1) is 27.7 Å². The Hall–Kier alpha value is -2.34. The first kappa shape index (κ1) is 41.9. The van der Waals surface area contributed by atoms with Gasteiger partial charge in [0.25, 0.3) is 0 Å². The van der Waals surface area contributed by atoms with E-state index in [1.807, 2.05) is 77.9 Å². The molecule has 0 N–H and O–H groups in total. The van der Waals surface area contributed by atoms with E-state index in [1.165, 1.54) is 35.1 Å². The summed E-state index contributed by atoms with van der Waals surface area (Å²) in [6, 6.07) is 28.7. The standard InChI is InChI=1S/2C8H10.C6H6.2C3H8.3C2H6/c2*1-7-5-3-4-6-8(7)2;1-2-4-6-5-3-1;2*1-3-2;3*1-2/h2*3-6H,1-2H3;1-6H;2*3H2,1-2H3;3*1-2H3. The van der Waals surface area contributed by atoms with Crippen LogP contribution in [0.3, 0.4) is 0 Å². The van der Waals surface area contributed by atoms with Gasteiger partial charge in [0, 0.05) is 0 Å². The third kappa shape index (κ3) is 37.0. The second kappa shape index (κ2) is 41.0. The molecule has 0 saturated carbocycles. The summed E-state index contributed by atoms with van der Waals surface area (Å²) >= 11 is 0. The van der Waals surface area contributed by atoms with Crippen molar-refractivity contribution < 1.29 is 0 Å². The Morgan fingerprint density at radius 1 is 0.324 bits per heavy atom. The molecule has 0 aliphatic heterocycles. The van der Waals surface area contributed by atoms with Crippen molar-refractivity contribution in [2.24, 2.45) is 0 Å². The van der Waals surface area contributed by atoms with Crippen LogP contribution in [0.25, 0.3) is 0 Å². The zero-order valence-corrected chi connectivity index (χ0v) is 25.5. The van der Waals surface area contributed by atoms with Gasteiger partial charge in [-0.25, -0.2) is 0 Å². The number of hydrogen-bond donors (Lipinski definition) is 0. The lowest BCUT2D eigenvalue weighted by molar-refractivity contribution is 1.09. The molecule has 3 aromatic rings. The van der Waals surface area contributed by atoms with E-state index in [1.54, 1.807) is 0 Å². The van der Waals surface area contributed by atoms with E-state index >= 15 is 0 Å². The zero-order chi connectivity index (χ0) is 27.6. The van der Waals surface area contributed by atoms with Crippen LogP contribution in [0.1, 0.15) is 104 Å². The predicted octanol–water partition coefficient (Wildman–Crippen LogP) is 12.2. The van der Waals surface area contributed by atoms with Crippen LogP contribution < -0.4 is 0 Å². The summed E-state index contributed by atoms with van der Waals surface area (Å²) in [4.78, 5) is 0. The Balaban J connectivity index is -0.000000102. The zero-order valence-electron chi connectivity index (χ0n) is 25.5. The van der Waals surface area contributed by atoms with Crippen LogP contribution in [-0.2, 0) is 0 Å². The van der Waals surface area contributed by atoms with Gasteiger partial charge in [0.2, 0.25) is 0 Å². The quantitative estimate of drug-likeness (QED) is 0.307. The number of rotatable bonds is 0. The minimum absolute atomic E-state index is 1.25. The molecule has 0 bridgehead atoms. The smallest absolute Gasteiger partial charge is 0.0395 e. The second-order valence-electron chi connectivity index (χ2n) is 6.74. The molecule has 196 valence electrons.